The lowest BCUT2D eigenvalue weighted by atomic mass is 9.62. The predicted octanol–water partition coefficient (Wildman–Crippen LogP) is 7.74. The number of halogens is 4. The standard InChI is InChI=1S/C16H12Cl2N2S2.C4H2Cl2N2/c17-14-8-11(19-16(18)20-14)15-9(12-3-1-5-21-12)7-10(15)13-4-2-6-22-13;5-3-1-2-7-4(6)8-3/h1-6,8-10,15H,7H2;1-2H/t9-,10?,15?;/m0./s1. The van der Waals surface area contributed by atoms with Crippen molar-refractivity contribution in [3.05, 3.63) is 89.7 Å². The Morgan fingerprint density at radius 1 is 0.767 bits per heavy atom. The number of nitrogens with zero attached hydrogens (tertiary/aromatic N) is 4. The Balaban J connectivity index is 0.000000230. The summed E-state index contributed by atoms with van der Waals surface area (Å²) in [4.78, 5) is 18.4. The molecule has 0 bridgehead atoms. The van der Waals surface area contributed by atoms with E-state index in [0.29, 0.717) is 28.1 Å². The summed E-state index contributed by atoms with van der Waals surface area (Å²) in [5.74, 6) is 1.28. The van der Waals surface area contributed by atoms with E-state index >= 15 is 0 Å². The number of rotatable bonds is 3. The van der Waals surface area contributed by atoms with E-state index in [1.165, 1.54) is 16.0 Å². The predicted molar refractivity (Wildman–Crippen MR) is 126 cm³/mol. The van der Waals surface area contributed by atoms with Gasteiger partial charge in [0.2, 0.25) is 10.6 Å². The van der Waals surface area contributed by atoms with Crippen molar-refractivity contribution in [1.29, 1.82) is 0 Å². The van der Waals surface area contributed by atoms with E-state index in [-0.39, 0.29) is 10.6 Å². The molecule has 10 heteroatoms. The molecule has 154 valence electrons. The third-order valence-electron chi connectivity index (χ3n) is 4.81. The van der Waals surface area contributed by atoms with E-state index in [0.717, 1.165) is 12.1 Å². The molecule has 5 rings (SSSR count). The van der Waals surface area contributed by atoms with Gasteiger partial charge in [-0.2, -0.15) is 0 Å². The molecule has 2 unspecified atom stereocenters. The summed E-state index contributed by atoms with van der Waals surface area (Å²) < 4.78 is 0. The lowest BCUT2D eigenvalue weighted by Crippen LogP contribution is -2.31. The highest BCUT2D eigenvalue weighted by atomic mass is 35.5. The highest BCUT2D eigenvalue weighted by molar-refractivity contribution is 7.10. The van der Waals surface area contributed by atoms with Gasteiger partial charge in [0.1, 0.15) is 10.3 Å². The summed E-state index contributed by atoms with van der Waals surface area (Å²) in [6, 6.07) is 12.0. The molecule has 3 atom stereocenters. The van der Waals surface area contributed by atoms with Crippen molar-refractivity contribution >= 4 is 69.1 Å². The maximum Gasteiger partial charge on any atom is 0.224 e. The molecule has 0 aliphatic heterocycles. The van der Waals surface area contributed by atoms with Crippen molar-refractivity contribution in [1.82, 2.24) is 19.9 Å². The Kier molecular flexibility index (Phi) is 7.24. The van der Waals surface area contributed by atoms with Crippen LogP contribution in [0.4, 0.5) is 0 Å². The first-order valence-corrected chi connectivity index (χ1v) is 12.2. The summed E-state index contributed by atoms with van der Waals surface area (Å²) in [7, 11) is 0. The average molecular weight is 516 g/mol. The second-order valence-electron chi connectivity index (χ2n) is 6.54. The van der Waals surface area contributed by atoms with Gasteiger partial charge in [0.25, 0.3) is 0 Å². The molecule has 0 spiro atoms. The first kappa shape index (κ1) is 21.9. The Bertz CT molecular complexity index is 1030. The largest absolute Gasteiger partial charge is 0.226 e. The molecular formula is C20H14Cl4N4S2. The third kappa shape index (κ3) is 5.13. The van der Waals surface area contributed by atoms with E-state index in [9.17, 15) is 0 Å². The van der Waals surface area contributed by atoms with Crippen LogP contribution in [0.1, 0.15) is 39.6 Å². The topological polar surface area (TPSA) is 51.6 Å². The second-order valence-corrected chi connectivity index (χ2v) is 9.95. The maximum atomic E-state index is 6.09. The molecule has 30 heavy (non-hydrogen) atoms. The summed E-state index contributed by atoms with van der Waals surface area (Å²) in [6.07, 6.45) is 2.64. The molecule has 0 aromatic carbocycles. The minimum atomic E-state index is 0.178. The molecule has 1 fully saturated rings. The minimum absolute atomic E-state index is 0.178. The van der Waals surface area contributed by atoms with Crippen molar-refractivity contribution in [2.45, 2.75) is 24.2 Å². The van der Waals surface area contributed by atoms with Crippen LogP contribution < -0.4 is 0 Å². The second kappa shape index (κ2) is 9.90. The van der Waals surface area contributed by atoms with Crippen LogP contribution >= 0.6 is 69.1 Å². The Morgan fingerprint density at radius 2 is 1.40 bits per heavy atom. The fraction of sp³-hybridized carbons (Fsp3) is 0.200. The smallest absolute Gasteiger partial charge is 0.224 e. The van der Waals surface area contributed by atoms with Gasteiger partial charge in [0, 0.05) is 33.7 Å². The Hall–Kier alpha value is -1.28. The molecule has 1 aliphatic rings. The normalized spacial score (nSPS) is 20.2. The summed E-state index contributed by atoms with van der Waals surface area (Å²) in [5, 5.41) is 5.44. The Morgan fingerprint density at radius 3 is 1.87 bits per heavy atom. The Labute approximate surface area is 201 Å². The van der Waals surface area contributed by atoms with Crippen LogP contribution in [0.25, 0.3) is 0 Å². The quantitative estimate of drug-likeness (QED) is 0.207. The van der Waals surface area contributed by atoms with Gasteiger partial charge in [-0.15, -0.1) is 22.7 Å². The molecule has 0 amide bonds. The van der Waals surface area contributed by atoms with Crippen molar-refractivity contribution in [2.75, 3.05) is 0 Å². The first-order chi connectivity index (χ1) is 14.5. The number of hydrogen-bond acceptors (Lipinski definition) is 6. The van der Waals surface area contributed by atoms with E-state index in [1.807, 2.05) is 6.07 Å². The number of aromatic nitrogens is 4. The summed E-state index contributed by atoms with van der Waals surface area (Å²) in [6.45, 7) is 0. The maximum absolute atomic E-state index is 6.09. The van der Waals surface area contributed by atoms with E-state index in [4.69, 9.17) is 46.4 Å². The van der Waals surface area contributed by atoms with Crippen LogP contribution in [0.2, 0.25) is 20.9 Å². The number of thiophene rings is 2. The molecule has 4 nitrogen and oxygen atoms in total. The van der Waals surface area contributed by atoms with Gasteiger partial charge in [-0.3, -0.25) is 0 Å². The lowest BCUT2D eigenvalue weighted by molar-refractivity contribution is 0.287. The van der Waals surface area contributed by atoms with Gasteiger partial charge in [-0.1, -0.05) is 35.3 Å². The van der Waals surface area contributed by atoms with Crippen LogP contribution in [0, 0.1) is 0 Å². The first-order valence-electron chi connectivity index (χ1n) is 8.92. The van der Waals surface area contributed by atoms with E-state index in [1.54, 1.807) is 28.7 Å². The van der Waals surface area contributed by atoms with Crippen molar-refractivity contribution in [2.24, 2.45) is 0 Å². The molecule has 4 heterocycles. The zero-order valence-electron chi connectivity index (χ0n) is 15.3. The average Bonchev–Trinajstić information content (AvgIpc) is 3.35. The van der Waals surface area contributed by atoms with Crippen LogP contribution in [0.5, 0.6) is 0 Å². The highest BCUT2D eigenvalue weighted by Crippen LogP contribution is 2.59. The highest BCUT2D eigenvalue weighted by Gasteiger charge is 2.45. The lowest BCUT2D eigenvalue weighted by Gasteiger charge is -2.43. The van der Waals surface area contributed by atoms with Crippen molar-refractivity contribution in [3.8, 4) is 0 Å². The van der Waals surface area contributed by atoms with Gasteiger partial charge >= 0.3 is 0 Å². The third-order valence-corrected chi connectivity index (χ3v) is 7.58. The number of hydrogen-bond donors (Lipinski definition) is 0. The fourth-order valence-electron chi connectivity index (χ4n) is 3.55. The monoisotopic (exact) mass is 514 g/mol. The SMILES string of the molecule is Clc1cc(C2C(c3cccs3)C[C@H]2c2cccs2)nc(Cl)n1.Clc1ccnc(Cl)n1. The zero-order valence-corrected chi connectivity index (χ0v) is 19.9. The summed E-state index contributed by atoms with van der Waals surface area (Å²) >= 11 is 26.5. The van der Waals surface area contributed by atoms with E-state index < -0.39 is 0 Å². The van der Waals surface area contributed by atoms with Gasteiger partial charge < -0.3 is 0 Å². The minimum Gasteiger partial charge on any atom is -0.226 e. The molecule has 0 radical (unpaired) electrons. The molecule has 4 aromatic rings. The molecule has 1 saturated carbocycles. The zero-order chi connectivity index (χ0) is 21.1. The molecule has 1 aliphatic carbocycles. The van der Waals surface area contributed by atoms with Gasteiger partial charge in [0.15, 0.2) is 0 Å². The molecular weight excluding hydrogens is 502 g/mol. The summed E-state index contributed by atoms with van der Waals surface area (Å²) in [5.41, 5.74) is 0.952. The van der Waals surface area contributed by atoms with Gasteiger partial charge in [-0.05, 0) is 64.6 Å². The van der Waals surface area contributed by atoms with Crippen LogP contribution in [0.15, 0.2) is 53.4 Å². The van der Waals surface area contributed by atoms with Crippen molar-refractivity contribution < 1.29 is 0 Å². The van der Waals surface area contributed by atoms with Crippen LogP contribution in [-0.4, -0.2) is 19.9 Å². The van der Waals surface area contributed by atoms with Gasteiger partial charge in [0.05, 0.1) is 5.69 Å². The van der Waals surface area contributed by atoms with Crippen LogP contribution in [-0.2, 0) is 0 Å². The molecule has 0 N–H and O–H groups in total. The van der Waals surface area contributed by atoms with E-state index in [2.05, 4.69) is 55.0 Å². The van der Waals surface area contributed by atoms with Crippen LogP contribution in [0.3, 0.4) is 0 Å². The fourth-order valence-corrected chi connectivity index (χ4v) is 6.07. The molecule has 4 aromatic heterocycles. The molecule has 0 saturated heterocycles. The van der Waals surface area contributed by atoms with Gasteiger partial charge in [-0.25, -0.2) is 19.9 Å². The van der Waals surface area contributed by atoms with Crippen molar-refractivity contribution in [3.63, 3.8) is 0 Å².